The number of likely N-dealkylation sites (N-methyl/N-ethyl adjacent to an activating group) is 1. The third kappa shape index (κ3) is 2.01. The van der Waals surface area contributed by atoms with Crippen LogP contribution in [0.1, 0.15) is 22.5 Å². The Balaban J connectivity index is 2.03. The minimum absolute atomic E-state index is 0.135. The van der Waals surface area contributed by atoms with Crippen LogP contribution < -0.4 is 11.1 Å². The molecule has 1 aliphatic heterocycles. The number of aryl methyl sites for hydroxylation is 1. The number of H-pyrrole nitrogens is 1. The Morgan fingerprint density at radius 1 is 1.69 bits per heavy atom. The van der Waals surface area contributed by atoms with Crippen LogP contribution in [-0.4, -0.2) is 47.2 Å². The van der Waals surface area contributed by atoms with Gasteiger partial charge in [-0.15, -0.1) is 0 Å². The quantitative estimate of drug-likeness (QED) is 0.644. The number of nitrogens with two attached hydrogens (primary N) is 1. The molecule has 1 aromatic heterocycles. The topological polar surface area (TPSA) is 87.0 Å². The first-order valence-electron chi connectivity index (χ1n) is 5.37. The van der Waals surface area contributed by atoms with E-state index in [-0.39, 0.29) is 17.8 Å². The Bertz CT molecular complexity index is 380. The van der Waals surface area contributed by atoms with Crippen LogP contribution in [0.3, 0.4) is 0 Å². The van der Waals surface area contributed by atoms with Gasteiger partial charge in [-0.2, -0.15) is 5.10 Å². The zero-order chi connectivity index (χ0) is 11.7. The van der Waals surface area contributed by atoms with Crippen molar-refractivity contribution in [3.8, 4) is 0 Å². The number of likely N-dealkylation sites (tertiary alicyclic amines) is 1. The van der Waals surface area contributed by atoms with Crippen molar-refractivity contribution in [3.05, 3.63) is 11.3 Å². The molecule has 1 unspecified atom stereocenters. The Labute approximate surface area is 94.2 Å². The molecule has 1 aliphatic rings. The second-order valence-electron chi connectivity index (χ2n) is 4.33. The maximum absolute atomic E-state index is 11.9. The predicted molar refractivity (Wildman–Crippen MR) is 61.1 cm³/mol. The van der Waals surface area contributed by atoms with Gasteiger partial charge in [-0.25, -0.2) is 0 Å². The number of hydrogen-bond acceptors (Lipinski definition) is 4. The molecule has 1 fully saturated rings. The Hall–Kier alpha value is -1.56. The smallest absolute Gasteiger partial charge is 0.257 e. The molecule has 0 radical (unpaired) electrons. The van der Waals surface area contributed by atoms with Crippen LogP contribution in [0.2, 0.25) is 0 Å². The lowest BCUT2D eigenvalue weighted by Crippen LogP contribution is -2.36. The number of amides is 1. The number of aromatic nitrogens is 2. The number of rotatable bonds is 2. The number of hydrogen-bond donors (Lipinski definition) is 3. The van der Waals surface area contributed by atoms with Crippen molar-refractivity contribution in [1.29, 1.82) is 0 Å². The molecule has 0 aliphatic carbocycles. The standard InChI is InChI=1S/C10H17N5O/c1-6-8(9(11)14-13-6)10(16)12-7-3-4-15(2)5-7/h7H,3-5H2,1-2H3,(H,12,16)(H3,11,13,14). The van der Waals surface area contributed by atoms with Gasteiger partial charge in [0, 0.05) is 18.3 Å². The first-order chi connectivity index (χ1) is 7.58. The third-order valence-corrected chi connectivity index (χ3v) is 2.93. The van der Waals surface area contributed by atoms with E-state index in [2.05, 4.69) is 20.4 Å². The molecule has 1 aromatic rings. The first-order valence-corrected chi connectivity index (χ1v) is 5.37. The second kappa shape index (κ2) is 4.13. The summed E-state index contributed by atoms with van der Waals surface area (Å²) in [5.74, 6) is 0.130. The molecule has 16 heavy (non-hydrogen) atoms. The number of nitrogens with zero attached hydrogens (tertiary/aromatic N) is 2. The highest BCUT2D eigenvalue weighted by atomic mass is 16.1. The summed E-state index contributed by atoms with van der Waals surface area (Å²) in [4.78, 5) is 14.1. The van der Waals surface area contributed by atoms with Gasteiger partial charge in [-0.05, 0) is 26.9 Å². The van der Waals surface area contributed by atoms with Crippen LogP contribution in [-0.2, 0) is 0 Å². The van der Waals surface area contributed by atoms with Gasteiger partial charge in [0.1, 0.15) is 5.56 Å². The highest BCUT2D eigenvalue weighted by Crippen LogP contribution is 2.13. The molecule has 6 heteroatoms. The summed E-state index contributed by atoms with van der Waals surface area (Å²) in [5.41, 5.74) is 6.81. The van der Waals surface area contributed by atoms with Gasteiger partial charge in [0.15, 0.2) is 5.82 Å². The van der Waals surface area contributed by atoms with Crippen LogP contribution >= 0.6 is 0 Å². The predicted octanol–water partition coefficient (Wildman–Crippen LogP) is -0.266. The molecule has 2 rings (SSSR count). The van der Waals surface area contributed by atoms with E-state index >= 15 is 0 Å². The maximum atomic E-state index is 11.9. The fraction of sp³-hybridized carbons (Fsp3) is 0.600. The summed E-state index contributed by atoms with van der Waals surface area (Å²) in [6.45, 7) is 3.70. The number of carbonyl (C=O) groups is 1. The molecular formula is C10H17N5O. The van der Waals surface area contributed by atoms with Crippen LogP contribution in [0.15, 0.2) is 0 Å². The minimum atomic E-state index is -0.135. The largest absolute Gasteiger partial charge is 0.382 e. The van der Waals surface area contributed by atoms with Crippen LogP contribution in [0, 0.1) is 6.92 Å². The van der Waals surface area contributed by atoms with E-state index < -0.39 is 0 Å². The number of carbonyl (C=O) groups excluding carboxylic acids is 1. The molecule has 0 saturated carbocycles. The van der Waals surface area contributed by atoms with Crippen molar-refractivity contribution in [2.24, 2.45) is 0 Å². The Kier molecular flexibility index (Phi) is 2.82. The number of nitrogens with one attached hydrogen (secondary N) is 2. The van der Waals surface area contributed by atoms with Crippen molar-refractivity contribution in [2.45, 2.75) is 19.4 Å². The molecule has 6 nitrogen and oxygen atoms in total. The lowest BCUT2D eigenvalue weighted by atomic mass is 10.2. The maximum Gasteiger partial charge on any atom is 0.257 e. The van der Waals surface area contributed by atoms with Gasteiger partial charge in [-0.3, -0.25) is 9.89 Å². The number of aromatic amines is 1. The lowest BCUT2D eigenvalue weighted by Gasteiger charge is -2.12. The molecule has 4 N–H and O–H groups in total. The highest BCUT2D eigenvalue weighted by molar-refractivity contribution is 5.99. The average Bonchev–Trinajstić information content (AvgIpc) is 2.74. The van der Waals surface area contributed by atoms with Crippen molar-refractivity contribution < 1.29 is 4.79 Å². The van der Waals surface area contributed by atoms with E-state index in [0.29, 0.717) is 11.3 Å². The highest BCUT2D eigenvalue weighted by Gasteiger charge is 2.24. The molecule has 1 saturated heterocycles. The zero-order valence-electron chi connectivity index (χ0n) is 9.58. The molecule has 1 atom stereocenters. The third-order valence-electron chi connectivity index (χ3n) is 2.93. The van der Waals surface area contributed by atoms with Crippen molar-refractivity contribution in [3.63, 3.8) is 0 Å². The van der Waals surface area contributed by atoms with Crippen molar-refractivity contribution >= 4 is 11.7 Å². The van der Waals surface area contributed by atoms with E-state index in [1.165, 1.54) is 0 Å². The summed E-state index contributed by atoms with van der Waals surface area (Å²) >= 11 is 0. The average molecular weight is 223 g/mol. The van der Waals surface area contributed by atoms with Crippen LogP contribution in [0.25, 0.3) is 0 Å². The van der Waals surface area contributed by atoms with Crippen LogP contribution in [0.4, 0.5) is 5.82 Å². The number of nitrogen functional groups attached to an aromatic ring is 1. The van der Waals surface area contributed by atoms with E-state index in [4.69, 9.17) is 5.73 Å². The van der Waals surface area contributed by atoms with Gasteiger partial charge in [0.25, 0.3) is 5.91 Å². The Morgan fingerprint density at radius 2 is 2.44 bits per heavy atom. The van der Waals surface area contributed by atoms with Crippen molar-refractivity contribution in [2.75, 3.05) is 25.9 Å². The fourth-order valence-corrected chi connectivity index (χ4v) is 2.05. The summed E-state index contributed by atoms with van der Waals surface area (Å²) in [6.07, 6.45) is 0.985. The van der Waals surface area contributed by atoms with Crippen molar-refractivity contribution in [1.82, 2.24) is 20.4 Å². The first kappa shape index (κ1) is 10.9. The fourth-order valence-electron chi connectivity index (χ4n) is 2.05. The number of anilines is 1. The van der Waals surface area contributed by atoms with E-state index in [1.54, 1.807) is 6.92 Å². The summed E-state index contributed by atoms with van der Waals surface area (Å²) < 4.78 is 0. The van der Waals surface area contributed by atoms with Gasteiger partial charge in [0.2, 0.25) is 0 Å². The molecular weight excluding hydrogens is 206 g/mol. The molecule has 0 bridgehead atoms. The molecule has 1 amide bonds. The summed E-state index contributed by atoms with van der Waals surface area (Å²) in [6, 6.07) is 0.214. The Morgan fingerprint density at radius 3 is 2.94 bits per heavy atom. The normalized spacial score (nSPS) is 21.2. The molecule has 2 heterocycles. The molecule has 0 spiro atoms. The van der Waals surface area contributed by atoms with Gasteiger partial charge >= 0.3 is 0 Å². The molecule has 88 valence electrons. The summed E-state index contributed by atoms with van der Waals surface area (Å²) in [5, 5.41) is 9.49. The van der Waals surface area contributed by atoms with Crippen LogP contribution in [0.5, 0.6) is 0 Å². The lowest BCUT2D eigenvalue weighted by molar-refractivity contribution is 0.0939. The summed E-state index contributed by atoms with van der Waals surface area (Å²) in [7, 11) is 2.05. The minimum Gasteiger partial charge on any atom is -0.382 e. The van der Waals surface area contributed by atoms with E-state index in [9.17, 15) is 4.79 Å². The zero-order valence-corrected chi connectivity index (χ0v) is 9.58. The van der Waals surface area contributed by atoms with E-state index in [1.807, 2.05) is 7.05 Å². The van der Waals surface area contributed by atoms with Gasteiger partial charge in [0.05, 0.1) is 0 Å². The SMILES string of the molecule is Cc1[nH]nc(N)c1C(=O)NC1CCN(C)C1. The monoisotopic (exact) mass is 223 g/mol. The molecule has 0 aromatic carbocycles. The second-order valence-corrected chi connectivity index (χ2v) is 4.33. The van der Waals surface area contributed by atoms with E-state index in [0.717, 1.165) is 19.5 Å². The van der Waals surface area contributed by atoms with Gasteiger partial charge < -0.3 is 16.0 Å². The van der Waals surface area contributed by atoms with Gasteiger partial charge in [-0.1, -0.05) is 0 Å².